The van der Waals surface area contributed by atoms with Crippen molar-refractivity contribution in [3.05, 3.63) is 23.4 Å². The van der Waals surface area contributed by atoms with Crippen molar-refractivity contribution in [1.29, 1.82) is 0 Å². The highest BCUT2D eigenvalue weighted by Gasteiger charge is 2.44. The summed E-state index contributed by atoms with van der Waals surface area (Å²) in [6.45, 7) is 2.13. The van der Waals surface area contributed by atoms with Gasteiger partial charge in [-0.3, -0.25) is 0 Å². The van der Waals surface area contributed by atoms with E-state index in [-0.39, 0.29) is 6.04 Å². The number of aliphatic hydroxyl groups excluding tert-OH is 1. The topological polar surface area (TPSA) is 36.4 Å². The average molecular weight is 286 g/mol. The first kappa shape index (κ1) is 13.7. The van der Waals surface area contributed by atoms with E-state index in [9.17, 15) is 18.3 Å². The maximum Gasteiger partial charge on any atom is 0.416 e. The summed E-state index contributed by atoms with van der Waals surface area (Å²) in [7, 11) is 0. The van der Waals surface area contributed by atoms with Crippen LogP contribution in [0.15, 0.2) is 12.1 Å². The molecule has 0 spiro atoms. The summed E-state index contributed by atoms with van der Waals surface area (Å²) in [5.74, 6) is 0.731. The van der Waals surface area contributed by atoms with Gasteiger partial charge in [-0.25, -0.2) is 4.98 Å². The molecule has 0 unspecified atom stereocenters. The van der Waals surface area contributed by atoms with E-state index in [4.69, 9.17) is 0 Å². The molecule has 20 heavy (non-hydrogen) atoms. The molecule has 1 saturated carbocycles. The van der Waals surface area contributed by atoms with E-state index in [0.717, 1.165) is 25.0 Å². The summed E-state index contributed by atoms with van der Waals surface area (Å²) in [6, 6.07) is 2.08. The number of aliphatic hydroxyl groups is 1. The predicted octanol–water partition coefficient (Wildman–Crippen LogP) is 2.76. The van der Waals surface area contributed by atoms with Crippen molar-refractivity contribution >= 4 is 5.82 Å². The van der Waals surface area contributed by atoms with Gasteiger partial charge in [-0.2, -0.15) is 13.2 Å². The molecule has 0 bridgehead atoms. The molecule has 6 heteroatoms. The van der Waals surface area contributed by atoms with E-state index in [1.54, 1.807) is 6.92 Å². The van der Waals surface area contributed by atoms with Gasteiger partial charge in [0, 0.05) is 12.2 Å². The Balaban J connectivity index is 1.95. The van der Waals surface area contributed by atoms with Crippen LogP contribution >= 0.6 is 0 Å². The third-order valence-electron chi connectivity index (χ3n) is 4.09. The molecular formula is C14H17F3N2O. The second-order valence-electron chi connectivity index (χ2n) is 5.73. The molecule has 110 valence electrons. The maximum absolute atomic E-state index is 12.9. The third-order valence-corrected chi connectivity index (χ3v) is 4.09. The molecule has 0 radical (unpaired) electrons. The standard InChI is InChI=1S/C14H17F3N2O/c1-8-6-10(14(15,16)17)7-12(18-8)19-5-4-11(20)13(19)9-2-3-9/h6-7,9,11,13,20H,2-5H2,1H3/t11-,13-/m1/s1. The fourth-order valence-corrected chi connectivity index (χ4v) is 3.03. The lowest BCUT2D eigenvalue weighted by Gasteiger charge is -2.28. The molecular weight excluding hydrogens is 269 g/mol. The van der Waals surface area contributed by atoms with E-state index in [0.29, 0.717) is 30.4 Å². The van der Waals surface area contributed by atoms with Crippen molar-refractivity contribution in [2.24, 2.45) is 5.92 Å². The number of aryl methyl sites for hydroxylation is 1. The Morgan fingerprint density at radius 2 is 1.95 bits per heavy atom. The summed E-state index contributed by atoms with van der Waals surface area (Å²) < 4.78 is 38.7. The van der Waals surface area contributed by atoms with E-state index >= 15 is 0 Å². The Labute approximate surface area is 115 Å². The zero-order valence-electron chi connectivity index (χ0n) is 11.2. The van der Waals surface area contributed by atoms with Crippen LogP contribution in [0.2, 0.25) is 0 Å². The largest absolute Gasteiger partial charge is 0.416 e. The van der Waals surface area contributed by atoms with Gasteiger partial charge in [0.25, 0.3) is 0 Å². The van der Waals surface area contributed by atoms with Crippen LogP contribution in [0.4, 0.5) is 19.0 Å². The first-order valence-electron chi connectivity index (χ1n) is 6.87. The first-order valence-corrected chi connectivity index (χ1v) is 6.87. The Kier molecular flexibility index (Phi) is 3.16. The normalized spacial score (nSPS) is 27.1. The second-order valence-corrected chi connectivity index (χ2v) is 5.73. The van der Waals surface area contributed by atoms with Gasteiger partial charge in [-0.15, -0.1) is 0 Å². The minimum absolute atomic E-state index is 0.0783. The van der Waals surface area contributed by atoms with Crippen LogP contribution < -0.4 is 4.90 Å². The molecule has 2 atom stereocenters. The quantitative estimate of drug-likeness (QED) is 0.908. The van der Waals surface area contributed by atoms with Gasteiger partial charge in [0.15, 0.2) is 0 Å². The molecule has 1 N–H and O–H groups in total. The van der Waals surface area contributed by atoms with Crippen molar-refractivity contribution in [2.45, 2.75) is 44.5 Å². The lowest BCUT2D eigenvalue weighted by molar-refractivity contribution is -0.137. The first-order chi connectivity index (χ1) is 9.36. The van der Waals surface area contributed by atoms with Crippen LogP contribution in [0.25, 0.3) is 0 Å². The number of hydrogen-bond donors (Lipinski definition) is 1. The monoisotopic (exact) mass is 286 g/mol. The maximum atomic E-state index is 12.9. The van der Waals surface area contributed by atoms with Crippen LogP contribution in [0.5, 0.6) is 0 Å². The fraction of sp³-hybridized carbons (Fsp3) is 0.643. The van der Waals surface area contributed by atoms with Crippen molar-refractivity contribution in [2.75, 3.05) is 11.4 Å². The van der Waals surface area contributed by atoms with E-state index in [1.807, 2.05) is 4.90 Å². The van der Waals surface area contributed by atoms with Crippen LogP contribution in [0, 0.1) is 12.8 Å². The average Bonchev–Trinajstić information content (AvgIpc) is 3.10. The van der Waals surface area contributed by atoms with Gasteiger partial charge in [-0.05, 0) is 44.2 Å². The number of nitrogens with zero attached hydrogens (tertiary/aromatic N) is 2. The Hall–Kier alpha value is -1.30. The summed E-state index contributed by atoms with van der Waals surface area (Å²) in [4.78, 5) is 6.09. The third kappa shape index (κ3) is 2.49. The highest BCUT2D eigenvalue weighted by molar-refractivity contribution is 5.46. The molecule has 2 fully saturated rings. The number of pyridine rings is 1. The minimum atomic E-state index is -4.37. The Morgan fingerprint density at radius 3 is 2.55 bits per heavy atom. The van der Waals surface area contributed by atoms with Gasteiger partial charge in [-0.1, -0.05) is 0 Å². The fourth-order valence-electron chi connectivity index (χ4n) is 3.03. The molecule has 0 aromatic carbocycles. The second kappa shape index (κ2) is 4.62. The van der Waals surface area contributed by atoms with Gasteiger partial charge in [0.1, 0.15) is 5.82 Å². The van der Waals surface area contributed by atoms with E-state index < -0.39 is 17.8 Å². The molecule has 2 heterocycles. The van der Waals surface area contributed by atoms with Crippen LogP contribution in [0.1, 0.15) is 30.5 Å². The molecule has 1 aliphatic heterocycles. The number of anilines is 1. The van der Waals surface area contributed by atoms with Gasteiger partial charge in [0.2, 0.25) is 0 Å². The van der Waals surface area contributed by atoms with Crippen LogP contribution in [-0.4, -0.2) is 28.8 Å². The van der Waals surface area contributed by atoms with Crippen molar-refractivity contribution < 1.29 is 18.3 Å². The number of halogens is 3. The Bertz CT molecular complexity index is 514. The van der Waals surface area contributed by atoms with Gasteiger partial charge in [0.05, 0.1) is 17.7 Å². The number of hydrogen-bond acceptors (Lipinski definition) is 3. The van der Waals surface area contributed by atoms with Crippen molar-refractivity contribution in [1.82, 2.24) is 4.98 Å². The number of rotatable bonds is 2. The molecule has 1 aromatic heterocycles. The van der Waals surface area contributed by atoms with E-state index in [2.05, 4.69) is 4.98 Å². The number of aromatic nitrogens is 1. The summed E-state index contributed by atoms with van der Waals surface area (Å²) in [6.07, 6.45) is -2.15. The van der Waals surface area contributed by atoms with Crippen LogP contribution in [-0.2, 0) is 6.18 Å². The van der Waals surface area contributed by atoms with E-state index in [1.165, 1.54) is 0 Å². The summed E-state index contributed by atoms with van der Waals surface area (Å²) in [5.41, 5.74) is -0.318. The Morgan fingerprint density at radius 1 is 1.25 bits per heavy atom. The minimum Gasteiger partial charge on any atom is -0.391 e. The highest BCUT2D eigenvalue weighted by Crippen LogP contribution is 2.42. The van der Waals surface area contributed by atoms with Gasteiger partial charge < -0.3 is 10.0 Å². The van der Waals surface area contributed by atoms with Crippen LogP contribution in [0.3, 0.4) is 0 Å². The molecule has 2 aliphatic rings. The molecule has 1 saturated heterocycles. The summed E-state index contributed by atoms with van der Waals surface area (Å²) >= 11 is 0. The van der Waals surface area contributed by atoms with Crippen molar-refractivity contribution in [3.8, 4) is 0 Å². The highest BCUT2D eigenvalue weighted by atomic mass is 19.4. The molecule has 1 aliphatic carbocycles. The molecule has 0 amide bonds. The lowest BCUT2D eigenvalue weighted by Crippen LogP contribution is -2.37. The smallest absolute Gasteiger partial charge is 0.391 e. The van der Waals surface area contributed by atoms with Crippen molar-refractivity contribution in [3.63, 3.8) is 0 Å². The molecule has 3 rings (SSSR count). The molecule has 3 nitrogen and oxygen atoms in total. The lowest BCUT2D eigenvalue weighted by atomic mass is 10.1. The van der Waals surface area contributed by atoms with Gasteiger partial charge >= 0.3 is 6.18 Å². The zero-order valence-corrected chi connectivity index (χ0v) is 11.2. The zero-order chi connectivity index (χ0) is 14.5. The predicted molar refractivity (Wildman–Crippen MR) is 68.5 cm³/mol. The number of alkyl halides is 3. The SMILES string of the molecule is Cc1cc(C(F)(F)F)cc(N2CC[C@@H](O)[C@H]2C2CC2)n1. The molecule has 1 aromatic rings. The summed E-state index contributed by atoms with van der Waals surface area (Å²) in [5, 5.41) is 10.0.